The first-order valence-electron chi connectivity index (χ1n) is 4.61. The molecule has 0 saturated heterocycles. The van der Waals surface area contributed by atoms with Gasteiger partial charge in [-0.25, -0.2) is 4.99 Å². The zero-order valence-electron chi connectivity index (χ0n) is 8.27. The van der Waals surface area contributed by atoms with Crippen LogP contribution in [0.2, 0.25) is 0 Å². The van der Waals surface area contributed by atoms with Crippen LogP contribution >= 0.6 is 0 Å². The third kappa shape index (κ3) is 1.48. The molecule has 14 heavy (non-hydrogen) atoms. The second-order valence-corrected chi connectivity index (χ2v) is 2.93. The van der Waals surface area contributed by atoms with Crippen LogP contribution in [0.15, 0.2) is 11.3 Å². The molecule has 1 aliphatic heterocycles. The minimum atomic E-state index is -0.140. The van der Waals surface area contributed by atoms with E-state index in [4.69, 9.17) is 4.74 Å². The van der Waals surface area contributed by atoms with Crippen molar-refractivity contribution in [3.8, 4) is 0 Å². The summed E-state index contributed by atoms with van der Waals surface area (Å²) in [5.74, 6) is 1.61. The van der Waals surface area contributed by atoms with Crippen LogP contribution in [0.4, 0.5) is 0 Å². The Morgan fingerprint density at radius 3 is 3.29 bits per heavy atom. The summed E-state index contributed by atoms with van der Waals surface area (Å²) in [7, 11) is 1.82. The van der Waals surface area contributed by atoms with Crippen LogP contribution in [0.25, 0.3) is 0 Å². The number of hydrogen-bond donors (Lipinski definition) is 1. The van der Waals surface area contributed by atoms with Crippen molar-refractivity contribution >= 4 is 5.96 Å². The van der Waals surface area contributed by atoms with Crippen LogP contribution < -0.4 is 5.32 Å². The monoisotopic (exact) mass is 195 g/mol. The lowest BCUT2D eigenvalue weighted by Crippen LogP contribution is -2.35. The van der Waals surface area contributed by atoms with Gasteiger partial charge in [-0.3, -0.25) is 4.57 Å². The van der Waals surface area contributed by atoms with Crippen molar-refractivity contribution in [3.63, 3.8) is 0 Å². The second-order valence-electron chi connectivity index (χ2n) is 2.93. The van der Waals surface area contributed by atoms with E-state index in [2.05, 4.69) is 20.5 Å². The van der Waals surface area contributed by atoms with E-state index in [0.29, 0.717) is 13.0 Å². The fourth-order valence-electron chi connectivity index (χ4n) is 1.45. The summed E-state index contributed by atoms with van der Waals surface area (Å²) in [6.45, 7) is 2.60. The molecule has 0 fully saturated rings. The number of aromatic nitrogens is 3. The van der Waals surface area contributed by atoms with Crippen molar-refractivity contribution < 1.29 is 4.74 Å². The molecular formula is C8H13N5O. The maximum Gasteiger partial charge on any atom is 0.207 e. The van der Waals surface area contributed by atoms with Crippen molar-refractivity contribution in [1.82, 2.24) is 20.1 Å². The van der Waals surface area contributed by atoms with Gasteiger partial charge in [-0.15, -0.1) is 10.2 Å². The number of hydrogen-bond acceptors (Lipinski definition) is 5. The molecule has 1 aromatic heterocycles. The zero-order chi connectivity index (χ0) is 9.97. The number of ether oxygens (including phenoxy) is 1. The first kappa shape index (κ1) is 9.14. The highest BCUT2D eigenvalue weighted by Crippen LogP contribution is 2.10. The summed E-state index contributed by atoms with van der Waals surface area (Å²) in [5.41, 5.74) is 0. The van der Waals surface area contributed by atoms with Gasteiger partial charge >= 0.3 is 0 Å². The van der Waals surface area contributed by atoms with E-state index in [-0.39, 0.29) is 6.23 Å². The Labute approximate surface area is 82.0 Å². The van der Waals surface area contributed by atoms with Gasteiger partial charge in [-0.05, 0) is 6.92 Å². The Morgan fingerprint density at radius 1 is 1.71 bits per heavy atom. The lowest BCUT2D eigenvalue weighted by atomic mass is 10.3. The SMILES string of the molecule is CCOC1Cc2nncn2C(NC)=N1. The van der Waals surface area contributed by atoms with Crippen LogP contribution in [-0.4, -0.2) is 40.6 Å². The Balaban J connectivity index is 2.26. The maximum absolute atomic E-state index is 5.43. The summed E-state index contributed by atoms with van der Waals surface area (Å²) >= 11 is 0. The highest BCUT2D eigenvalue weighted by atomic mass is 16.5. The largest absolute Gasteiger partial charge is 0.359 e. The minimum absolute atomic E-state index is 0.140. The molecule has 0 amide bonds. The number of aliphatic imine (C=N–C) groups is 1. The molecular weight excluding hydrogens is 182 g/mol. The number of rotatable bonds is 2. The molecule has 0 aliphatic carbocycles. The fourth-order valence-corrected chi connectivity index (χ4v) is 1.45. The van der Waals surface area contributed by atoms with Crippen molar-refractivity contribution in [2.24, 2.45) is 4.99 Å². The van der Waals surface area contributed by atoms with Gasteiger partial charge in [0.25, 0.3) is 0 Å². The number of fused-ring (bicyclic) bond motifs is 1. The van der Waals surface area contributed by atoms with E-state index < -0.39 is 0 Å². The lowest BCUT2D eigenvalue weighted by molar-refractivity contribution is 0.0655. The molecule has 6 nitrogen and oxygen atoms in total. The lowest BCUT2D eigenvalue weighted by Gasteiger charge is -2.20. The molecule has 0 spiro atoms. The van der Waals surface area contributed by atoms with E-state index in [1.165, 1.54) is 0 Å². The van der Waals surface area contributed by atoms with Crippen LogP contribution in [0.3, 0.4) is 0 Å². The van der Waals surface area contributed by atoms with Gasteiger partial charge in [0, 0.05) is 13.7 Å². The predicted molar refractivity (Wildman–Crippen MR) is 51.0 cm³/mol. The fraction of sp³-hybridized carbons (Fsp3) is 0.625. The van der Waals surface area contributed by atoms with Crippen LogP contribution in [-0.2, 0) is 11.2 Å². The van der Waals surface area contributed by atoms with Crippen LogP contribution in [0.1, 0.15) is 12.7 Å². The molecule has 0 aromatic carbocycles. The quantitative estimate of drug-likeness (QED) is 0.698. The van der Waals surface area contributed by atoms with Gasteiger partial charge in [0.2, 0.25) is 5.96 Å². The maximum atomic E-state index is 5.43. The van der Waals surface area contributed by atoms with Gasteiger partial charge in [-0.2, -0.15) is 0 Å². The predicted octanol–water partition coefficient (Wildman–Crippen LogP) is -0.380. The van der Waals surface area contributed by atoms with Crippen molar-refractivity contribution in [3.05, 3.63) is 12.2 Å². The Morgan fingerprint density at radius 2 is 2.57 bits per heavy atom. The molecule has 6 heteroatoms. The first-order chi connectivity index (χ1) is 6.85. The molecule has 0 bridgehead atoms. The van der Waals surface area contributed by atoms with Crippen LogP contribution in [0.5, 0.6) is 0 Å². The molecule has 1 atom stereocenters. The van der Waals surface area contributed by atoms with Gasteiger partial charge in [0.1, 0.15) is 12.2 Å². The molecule has 0 saturated carbocycles. The Kier molecular flexibility index (Phi) is 2.45. The molecule has 1 N–H and O–H groups in total. The zero-order valence-corrected chi connectivity index (χ0v) is 8.27. The van der Waals surface area contributed by atoms with E-state index >= 15 is 0 Å². The average Bonchev–Trinajstić information content (AvgIpc) is 2.65. The molecule has 1 unspecified atom stereocenters. The van der Waals surface area contributed by atoms with Crippen molar-refractivity contribution in [1.29, 1.82) is 0 Å². The molecule has 1 aromatic rings. The Hall–Kier alpha value is -1.43. The highest BCUT2D eigenvalue weighted by molar-refractivity contribution is 5.83. The summed E-state index contributed by atoms with van der Waals surface area (Å²) in [6.07, 6.45) is 2.19. The molecule has 2 rings (SSSR count). The minimum Gasteiger partial charge on any atom is -0.359 e. The average molecular weight is 195 g/mol. The van der Waals surface area contributed by atoms with Gasteiger partial charge in [0.05, 0.1) is 6.42 Å². The second kappa shape index (κ2) is 3.75. The summed E-state index contributed by atoms with van der Waals surface area (Å²) in [4.78, 5) is 4.37. The standard InChI is InChI=1S/C8H13N5O/c1-3-14-7-4-6-12-10-5-13(6)8(9-2)11-7/h5,7H,3-4H2,1-2H3,(H,9,11). The third-order valence-electron chi connectivity index (χ3n) is 2.05. The Bertz CT molecular complexity index is 345. The smallest absolute Gasteiger partial charge is 0.207 e. The van der Waals surface area contributed by atoms with Gasteiger partial charge in [0.15, 0.2) is 6.23 Å². The number of nitrogens with one attached hydrogen (secondary N) is 1. The first-order valence-corrected chi connectivity index (χ1v) is 4.61. The summed E-state index contributed by atoms with van der Waals surface area (Å²) in [6, 6.07) is 0. The topological polar surface area (TPSA) is 64.3 Å². The molecule has 2 heterocycles. The normalized spacial score (nSPS) is 20.1. The van der Waals surface area contributed by atoms with E-state index in [0.717, 1.165) is 11.8 Å². The van der Waals surface area contributed by atoms with E-state index in [9.17, 15) is 0 Å². The van der Waals surface area contributed by atoms with Gasteiger partial charge in [-0.1, -0.05) is 0 Å². The summed E-state index contributed by atoms with van der Waals surface area (Å²) < 4.78 is 7.26. The molecule has 1 aliphatic rings. The third-order valence-corrected chi connectivity index (χ3v) is 2.05. The van der Waals surface area contributed by atoms with Crippen LogP contribution in [0, 0.1) is 0 Å². The number of nitrogens with zero attached hydrogens (tertiary/aromatic N) is 4. The highest BCUT2D eigenvalue weighted by Gasteiger charge is 2.21. The van der Waals surface area contributed by atoms with E-state index in [1.54, 1.807) is 6.33 Å². The molecule has 0 radical (unpaired) electrons. The summed E-state index contributed by atoms with van der Waals surface area (Å²) in [5, 5.41) is 10.8. The van der Waals surface area contributed by atoms with E-state index in [1.807, 2.05) is 18.5 Å². The van der Waals surface area contributed by atoms with Crippen molar-refractivity contribution in [2.45, 2.75) is 19.6 Å². The van der Waals surface area contributed by atoms with Crippen molar-refractivity contribution in [2.75, 3.05) is 13.7 Å². The molecule has 76 valence electrons. The van der Waals surface area contributed by atoms with Gasteiger partial charge < -0.3 is 10.1 Å².